The smallest absolute Gasteiger partial charge is 0.221 e. The van der Waals surface area contributed by atoms with Gasteiger partial charge in [-0.05, 0) is 31.5 Å². The van der Waals surface area contributed by atoms with E-state index in [0.29, 0.717) is 11.0 Å². The van der Waals surface area contributed by atoms with Crippen LogP contribution in [0.15, 0.2) is 22.7 Å². The van der Waals surface area contributed by atoms with E-state index in [0.717, 1.165) is 4.47 Å². The van der Waals surface area contributed by atoms with Crippen LogP contribution in [0, 0.1) is 0 Å². The molecule has 5 heteroatoms. The fourth-order valence-electron chi connectivity index (χ4n) is 1.25. The van der Waals surface area contributed by atoms with E-state index >= 15 is 0 Å². The summed E-state index contributed by atoms with van der Waals surface area (Å²) in [4.78, 5) is 11.0. The zero-order valence-corrected chi connectivity index (χ0v) is 11.4. The predicted molar refractivity (Wildman–Crippen MR) is 67.5 cm³/mol. The molecule has 0 aromatic heterocycles. The third-order valence-electron chi connectivity index (χ3n) is 1.85. The first-order valence-corrected chi connectivity index (χ1v) is 7.83. The first-order valence-electron chi connectivity index (χ1n) is 4.43. The third-order valence-corrected chi connectivity index (χ3v) is 3.87. The summed E-state index contributed by atoms with van der Waals surface area (Å²) in [5, 5.41) is 3.36. The number of hydrogen-bond acceptors (Lipinski definition) is 2. The molecule has 0 atom stereocenters. The first kappa shape index (κ1) is 12.5. The molecule has 0 unspecified atom stereocenters. The van der Waals surface area contributed by atoms with E-state index in [2.05, 4.69) is 21.2 Å². The Bertz CT molecular complexity index is 439. The van der Waals surface area contributed by atoms with Crippen LogP contribution in [0.4, 0.5) is 5.69 Å². The second-order valence-corrected chi connectivity index (χ2v) is 7.79. The van der Waals surface area contributed by atoms with E-state index in [1.807, 2.05) is 6.07 Å². The molecule has 1 rings (SSSR count). The van der Waals surface area contributed by atoms with Crippen LogP contribution >= 0.6 is 23.1 Å². The zero-order chi connectivity index (χ0) is 11.6. The van der Waals surface area contributed by atoms with E-state index in [9.17, 15) is 9.36 Å². The van der Waals surface area contributed by atoms with Crippen LogP contribution in [0.2, 0.25) is 0 Å². The van der Waals surface area contributed by atoms with Gasteiger partial charge in [0.1, 0.15) is 7.14 Å². The number of carbonyl (C=O) groups excluding carboxylic acids is 1. The molecule has 0 saturated heterocycles. The number of benzene rings is 1. The van der Waals surface area contributed by atoms with Gasteiger partial charge in [0.15, 0.2) is 0 Å². The molecule has 0 aliphatic carbocycles. The number of nitrogens with one attached hydrogen (secondary N) is 1. The standard InChI is InChI=1S/C10H13BrNO2P/c1-7(13)12-9-5-4-8(11)6-10(9)15(2,3)14/h4-6H,1-3H3,(H,12,13). The topological polar surface area (TPSA) is 46.2 Å². The Labute approximate surface area is 97.8 Å². The molecule has 1 amide bonds. The molecule has 1 N–H and O–H groups in total. The van der Waals surface area contributed by atoms with Gasteiger partial charge in [0.25, 0.3) is 0 Å². The van der Waals surface area contributed by atoms with Crippen molar-refractivity contribution in [2.24, 2.45) is 0 Å². The number of amides is 1. The second kappa shape index (κ2) is 4.50. The highest BCUT2D eigenvalue weighted by Crippen LogP contribution is 2.38. The van der Waals surface area contributed by atoms with Crippen molar-refractivity contribution in [3.63, 3.8) is 0 Å². The van der Waals surface area contributed by atoms with Gasteiger partial charge >= 0.3 is 0 Å². The summed E-state index contributed by atoms with van der Waals surface area (Å²) >= 11 is 3.32. The van der Waals surface area contributed by atoms with E-state index in [-0.39, 0.29) is 5.91 Å². The lowest BCUT2D eigenvalue weighted by atomic mass is 10.3. The van der Waals surface area contributed by atoms with Crippen molar-refractivity contribution < 1.29 is 9.36 Å². The molecule has 82 valence electrons. The molecular formula is C10H13BrNO2P. The average molecular weight is 290 g/mol. The Balaban J connectivity index is 3.27. The van der Waals surface area contributed by atoms with Gasteiger partial charge in [-0.3, -0.25) is 4.79 Å². The molecule has 0 spiro atoms. The van der Waals surface area contributed by atoms with Crippen LogP contribution in [0.3, 0.4) is 0 Å². The van der Waals surface area contributed by atoms with E-state index in [1.54, 1.807) is 25.5 Å². The maximum absolute atomic E-state index is 12.0. The van der Waals surface area contributed by atoms with Crippen LogP contribution in [-0.2, 0) is 9.36 Å². The number of anilines is 1. The van der Waals surface area contributed by atoms with Crippen molar-refractivity contribution in [1.82, 2.24) is 0 Å². The van der Waals surface area contributed by atoms with Crippen LogP contribution in [0.5, 0.6) is 0 Å². The van der Waals surface area contributed by atoms with Gasteiger partial charge in [-0.2, -0.15) is 0 Å². The van der Waals surface area contributed by atoms with Crippen molar-refractivity contribution in [2.75, 3.05) is 18.6 Å². The van der Waals surface area contributed by atoms with Gasteiger partial charge in [0, 0.05) is 16.7 Å². The summed E-state index contributed by atoms with van der Waals surface area (Å²) in [6, 6.07) is 5.34. The molecule has 0 radical (unpaired) electrons. The highest BCUT2D eigenvalue weighted by atomic mass is 79.9. The quantitative estimate of drug-likeness (QED) is 0.851. The maximum atomic E-state index is 12.0. The number of rotatable bonds is 2. The highest BCUT2D eigenvalue weighted by molar-refractivity contribution is 9.10. The average Bonchev–Trinajstić information content (AvgIpc) is 2.05. The van der Waals surface area contributed by atoms with Crippen LogP contribution in [0.25, 0.3) is 0 Å². The van der Waals surface area contributed by atoms with Crippen molar-refractivity contribution in [3.05, 3.63) is 22.7 Å². The van der Waals surface area contributed by atoms with Crippen LogP contribution in [-0.4, -0.2) is 19.2 Å². The van der Waals surface area contributed by atoms with Crippen molar-refractivity contribution in [3.8, 4) is 0 Å². The monoisotopic (exact) mass is 289 g/mol. The normalized spacial score (nSPS) is 11.2. The van der Waals surface area contributed by atoms with Gasteiger partial charge in [0.05, 0.1) is 5.69 Å². The summed E-state index contributed by atoms with van der Waals surface area (Å²) in [5.41, 5.74) is 0.624. The molecule has 1 aromatic rings. The lowest BCUT2D eigenvalue weighted by molar-refractivity contribution is -0.114. The molecule has 15 heavy (non-hydrogen) atoms. The van der Waals surface area contributed by atoms with Gasteiger partial charge in [0.2, 0.25) is 5.91 Å². The molecule has 0 bridgehead atoms. The second-order valence-electron chi connectivity index (χ2n) is 3.69. The Kier molecular flexibility index (Phi) is 3.74. The molecule has 0 aliphatic heterocycles. The largest absolute Gasteiger partial charge is 0.326 e. The summed E-state index contributed by atoms with van der Waals surface area (Å²) < 4.78 is 12.9. The Morgan fingerprint density at radius 2 is 2.00 bits per heavy atom. The predicted octanol–water partition coefficient (Wildman–Crippen LogP) is 2.66. The fourth-order valence-corrected chi connectivity index (χ4v) is 2.94. The summed E-state index contributed by atoms with van der Waals surface area (Å²) in [7, 11) is -2.38. The lowest BCUT2D eigenvalue weighted by Gasteiger charge is -2.13. The minimum atomic E-state index is -2.38. The van der Waals surface area contributed by atoms with Crippen molar-refractivity contribution >= 4 is 40.0 Å². The fraction of sp³-hybridized carbons (Fsp3) is 0.300. The van der Waals surface area contributed by atoms with E-state index < -0.39 is 7.14 Å². The zero-order valence-electron chi connectivity index (χ0n) is 8.87. The molecule has 0 heterocycles. The maximum Gasteiger partial charge on any atom is 0.221 e. The molecule has 3 nitrogen and oxygen atoms in total. The minimum Gasteiger partial charge on any atom is -0.326 e. The van der Waals surface area contributed by atoms with Crippen molar-refractivity contribution in [1.29, 1.82) is 0 Å². The molecule has 0 aliphatic rings. The highest BCUT2D eigenvalue weighted by Gasteiger charge is 2.16. The SMILES string of the molecule is CC(=O)Nc1ccc(Br)cc1P(C)(C)=O. The van der Waals surface area contributed by atoms with Gasteiger partial charge in [-0.15, -0.1) is 0 Å². The molecule has 1 aromatic carbocycles. The van der Waals surface area contributed by atoms with Gasteiger partial charge < -0.3 is 9.88 Å². The third kappa shape index (κ3) is 3.47. The van der Waals surface area contributed by atoms with E-state index in [1.165, 1.54) is 6.92 Å². The van der Waals surface area contributed by atoms with Crippen molar-refractivity contribution in [2.45, 2.75) is 6.92 Å². The summed E-state index contributed by atoms with van der Waals surface area (Å²) in [6.45, 7) is 4.79. The summed E-state index contributed by atoms with van der Waals surface area (Å²) in [6.07, 6.45) is 0. The number of halogens is 1. The van der Waals surface area contributed by atoms with Gasteiger partial charge in [-0.25, -0.2) is 0 Å². The van der Waals surface area contributed by atoms with E-state index in [4.69, 9.17) is 0 Å². The Hall–Kier alpha value is -0.600. The Morgan fingerprint density at radius 1 is 1.40 bits per heavy atom. The first-order chi connectivity index (χ1) is 6.80. The molecule has 0 saturated carbocycles. The Morgan fingerprint density at radius 3 is 2.47 bits per heavy atom. The number of hydrogen-bond donors (Lipinski definition) is 1. The lowest BCUT2D eigenvalue weighted by Crippen LogP contribution is -2.15. The van der Waals surface area contributed by atoms with Crippen LogP contribution < -0.4 is 10.6 Å². The number of carbonyl (C=O) groups is 1. The minimum absolute atomic E-state index is 0.160. The molecule has 0 fully saturated rings. The summed E-state index contributed by atoms with van der Waals surface area (Å²) in [5.74, 6) is -0.160. The van der Waals surface area contributed by atoms with Crippen LogP contribution in [0.1, 0.15) is 6.92 Å². The molecular weight excluding hydrogens is 277 g/mol. The van der Waals surface area contributed by atoms with Gasteiger partial charge in [-0.1, -0.05) is 15.9 Å².